The molecule has 0 fully saturated rings. The first-order chi connectivity index (χ1) is 4.83. The Balaban J connectivity index is 2.69. The zero-order valence-electron chi connectivity index (χ0n) is 6.17. The lowest BCUT2D eigenvalue weighted by molar-refractivity contribution is 0.912. The van der Waals surface area contributed by atoms with E-state index in [2.05, 4.69) is 16.9 Å². The molecule has 1 aromatic heterocycles. The average molecular weight is 135 g/mol. The van der Waals surface area contributed by atoms with E-state index in [-0.39, 0.29) is 0 Å². The van der Waals surface area contributed by atoms with Crippen LogP contribution >= 0.6 is 0 Å². The molecular formula is C8H11N2. The zero-order valence-corrected chi connectivity index (χ0v) is 6.17. The van der Waals surface area contributed by atoms with Gasteiger partial charge in [-0.25, -0.2) is 0 Å². The van der Waals surface area contributed by atoms with Crippen molar-refractivity contribution in [3.8, 4) is 0 Å². The van der Waals surface area contributed by atoms with E-state index in [0.29, 0.717) is 0 Å². The fraction of sp³-hybridized carbons (Fsp3) is 0.375. The van der Waals surface area contributed by atoms with Gasteiger partial charge in [-0.1, -0.05) is 6.92 Å². The molecule has 1 heterocycles. The van der Waals surface area contributed by atoms with Gasteiger partial charge in [0.25, 0.3) is 0 Å². The molecule has 1 aromatic rings. The molecule has 0 aliphatic heterocycles. The zero-order chi connectivity index (χ0) is 7.40. The number of rotatable bonds is 2. The predicted octanol–water partition coefficient (Wildman–Crippen LogP) is 1.55. The Bertz CT molecular complexity index is 191. The Labute approximate surface area is 61.3 Å². The molecule has 0 bridgehead atoms. The number of aromatic nitrogens is 2. The average Bonchev–Trinajstić information content (AvgIpc) is 1.95. The van der Waals surface area contributed by atoms with E-state index in [1.165, 1.54) is 0 Å². The third-order valence-electron chi connectivity index (χ3n) is 1.27. The second-order valence-corrected chi connectivity index (χ2v) is 2.25. The first-order valence-electron chi connectivity index (χ1n) is 3.39. The van der Waals surface area contributed by atoms with Gasteiger partial charge in [0.15, 0.2) is 0 Å². The summed E-state index contributed by atoms with van der Waals surface area (Å²) in [5.74, 6) is 0. The van der Waals surface area contributed by atoms with Crippen LogP contribution in [0.1, 0.15) is 17.8 Å². The summed E-state index contributed by atoms with van der Waals surface area (Å²) in [4.78, 5) is 8.27. The molecule has 2 heteroatoms. The van der Waals surface area contributed by atoms with E-state index in [1.54, 1.807) is 12.4 Å². The third kappa shape index (κ3) is 1.79. The molecule has 1 rings (SSSR count). The SMILES string of the molecule is [CH2]CCc1cnc(C)cn1. The molecule has 0 atom stereocenters. The molecule has 0 spiro atoms. The second-order valence-electron chi connectivity index (χ2n) is 2.25. The summed E-state index contributed by atoms with van der Waals surface area (Å²) in [5, 5.41) is 0. The third-order valence-corrected chi connectivity index (χ3v) is 1.27. The maximum Gasteiger partial charge on any atom is 0.0586 e. The molecule has 0 unspecified atom stereocenters. The van der Waals surface area contributed by atoms with Crippen LogP contribution in [0.3, 0.4) is 0 Å². The van der Waals surface area contributed by atoms with Crippen molar-refractivity contribution in [1.82, 2.24) is 9.97 Å². The number of hydrogen-bond donors (Lipinski definition) is 0. The van der Waals surface area contributed by atoms with Crippen molar-refractivity contribution in [2.75, 3.05) is 0 Å². The van der Waals surface area contributed by atoms with Gasteiger partial charge in [0.2, 0.25) is 0 Å². The largest absolute Gasteiger partial charge is 0.258 e. The minimum absolute atomic E-state index is 0.887. The maximum absolute atomic E-state index is 4.17. The molecule has 10 heavy (non-hydrogen) atoms. The Morgan fingerprint density at radius 3 is 2.70 bits per heavy atom. The van der Waals surface area contributed by atoms with Crippen molar-refractivity contribution < 1.29 is 0 Å². The fourth-order valence-electron chi connectivity index (χ4n) is 0.730. The van der Waals surface area contributed by atoms with Gasteiger partial charge in [0, 0.05) is 12.4 Å². The molecule has 2 nitrogen and oxygen atoms in total. The molecule has 0 saturated carbocycles. The van der Waals surface area contributed by atoms with Crippen molar-refractivity contribution in [3.05, 3.63) is 30.7 Å². The fourth-order valence-corrected chi connectivity index (χ4v) is 0.730. The van der Waals surface area contributed by atoms with Crippen molar-refractivity contribution in [1.29, 1.82) is 0 Å². The van der Waals surface area contributed by atoms with Crippen LogP contribution in [-0.4, -0.2) is 9.97 Å². The summed E-state index contributed by atoms with van der Waals surface area (Å²) in [7, 11) is 0. The summed E-state index contributed by atoms with van der Waals surface area (Å²) in [6, 6.07) is 0. The van der Waals surface area contributed by atoms with E-state index >= 15 is 0 Å². The van der Waals surface area contributed by atoms with Crippen LogP contribution < -0.4 is 0 Å². The van der Waals surface area contributed by atoms with E-state index in [4.69, 9.17) is 0 Å². The van der Waals surface area contributed by atoms with Gasteiger partial charge in [-0.15, -0.1) is 0 Å². The van der Waals surface area contributed by atoms with Crippen LogP contribution in [0, 0.1) is 13.8 Å². The molecular weight excluding hydrogens is 124 g/mol. The summed E-state index contributed by atoms with van der Waals surface area (Å²) < 4.78 is 0. The lowest BCUT2D eigenvalue weighted by Gasteiger charge is -1.95. The number of hydrogen-bond acceptors (Lipinski definition) is 2. The van der Waals surface area contributed by atoms with E-state index < -0.39 is 0 Å². The van der Waals surface area contributed by atoms with Gasteiger partial charge in [-0.05, 0) is 19.8 Å². The smallest absolute Gasteiger partial charge is 0.0586 e. The van der Waals surface area contributed by atoms with Crippen molar-refractivity contribution in [2.24, 2.45) is 0 Å². The van der Waals surface area contributed by atoms with E-state index in [9.17, 15) is 0 Å². The van der Waals surface area contributed by atoms with Gasteiger partial charge in [0.1, 0.15) is 0 Å². The highest BCUT2D eigenvalue weighted by Crippen LogP contribution is 1.96. The number of aryl methyl sites for hydroxylation is 2. The van der Waals surface area contributed by atoms with Crippen LogP contribution in [0.15, 0.2) is 12.4 Å². The van der Waals surface area contributed by atoms with Crippen molar-refractivity contribution in [2.45, 2.75) is 19.8 Å². The van der Waals surface area contributed by atoms with Gasteiger partial charge in [-0.3, -0.25) is 9.97 Å². The minimum atomic E-state index is 0.887. The first kappa shape index (κ1) is 7.19. The van der Waals surface area contributed by atoms with E-state index in [0.717, 1.165) is 24.2 Å². The molecule has 0 N–H and O–H groups in total. The van der Waals surface area contributed by atoms with Gasteiger partial charge in [-0.2, -0.15) is 0 Å². The van der Waals surface area contributed by atoms with Crippen molar-refractivity contribution >= 4 is 0 Å². The van der Waals surface area contributed by atoms with Crippen molar-refractivity contribution in [3.63, 3.8) is 0 Å². The van der Waals surface area contributed by atoms with Gasteiger partial charge in [0.05, 0.1) is 11.4 Å². The van der Waals surface area contributed by atoms with Crippen LogP contribution in [0.4, 0.5) is 0 Å². The van der Waals surface area contributed by atoms with Crippen LogP contribution in [0.5, 0.6) is 0 Å². The Morgan fingerprint density at radius 2 is 2.20 bits per heavy atom. The molecule has 1 radical (unpaired) electrons. The lowest BCUT2D eigenvalue weighted by atomic mass is 10.3. The summed E-state index contributed by atoms with van der Waals surface area (Å²) >= 11 is 0. The Hall–Kier alpha value is -0.920. The molecule has 53 valence electrons. The second kappa shape index (κ2) is 3.30. The highest BCUT2D eigenvalue weighted by atomic mass is 14.8. The van der Waals surface area contributed by atoms with Crippen LogP contribution in [0.25, 0.3) is 0 Å². The number of nitrogens with zero attached hydrogens (tertiary/aromatic N) is 2. The minimum Gasteiger partial charge on any atom is -0.258 e. The van der Waals surface area contributed by atoms with E-state index in [1.807, 2.05) is 6.92 Å². The topological polar surface area (TPSA) is 25.8 Å². The monoisotopic (exact) mass is 135 g/mol. The predicted molar refractivity (Wildman–Crippen MR) is 40.4 cm³/mol. The summed E-state index contributed by atoms with van der Waals surface area (Å²) in [5.41, 5.74) is 1.99. The van der Waals surface area contributed by atoms with Crippen LogP contribution in [-0.2, 0) is 6.42 Å². The lowest BCUT2D eigenvalue weighted by Crippen LogP contribution is -1.91. The normalized spacial score (nSPS) is 9.80. The molecule has 0 aromatic carbocycles. The highest BCUT2D eigenvalue weighted by Gasteiger charge is 1.90. The molecule has 0 saturated heterocycles. The standard InChI is InChI=1S/C8H11N2/c1-3-4-8-6-9-7(2)5-10-8/h5-6H,1,3-4H2,2H3. The highest BCUT2D eigenvalue weighted by molar-refractivity contribution is 5.00. The Kier molecular flexibility index (Phi) is 2.37. The molecule has 0 aliphatic rings. The molecule has 0 aliphatic carbocycles. The first-order valence-corrected chi connectivity index (χ1v) is 3.39. The van der Waals surface area contributed by atoms with Gasteiger partial charge >= 0.3 is 0 Å². The van der Waals surface area contributed by atoms with Gasteiger partial charge < -0.3 is 0 Å². The quantitative estimate of drug-likeness (QED) is 0.615. The summed E-state index contributed by atoms with van der Waals surface area (Å²) in [6.45, 7) is 5.67. The maximum atomic E-state index is 4.17. The summed E-state index contributed by atoms with van der Waals surface area (Å²) in [6.07, 6.45) is 5.40. The van der Waals surface area contributed by atoms with Crippen LogP contribution in [0.2, 0.25) is 0 Å². The molecule has 0 amide bonds. The Morgan fingerprint density at radius 1 is 1.40 bits per heavy atom.